The predicted octanol–water partition coefficient (Wildman–Crippen LogP) is 6.42. The lowest BCUT2D eigenvalue weighted by Crippen LogP contribution is -2.33. The van der Waals surface area contributed by atoms with Crippen molar-refractivity contribution in [2.75, 3.05) is 5.32 Å². The molecule has 0 saturated heterocycles. The zero-order chi connectivity index (χ0) is 28.7. The highest BCUT2D eigenvalue weighted by Gasteiger charge is 2.30. The zero-order valence-corrected chi connectivity index (χ0v) is 24.9. The summed E-state index contributed by atoms with van der Waals surface area (Å²) in [4.78, 5) is 34.0. The topological polar surface area (TPSA) is 127 Å². The molecule has 0 aliphatic heterocycles. The van der Waals surface area contributed by atoms with Crippen molar-refractivity contribution < 1.29 is 4.52 Å². The fourth-order valence-corrected chi connectivity index (χ4v) is 6.36. The minimum atomic E-state index is -0.641. The molecule has 6 rings (SSSR count). The van der Waals surface area contributed by atoms with Crippen LogP contribution in [-0.2, 0) is 6.54 Å². The fraction of sp³-hybridized carbons (Fsp3) is 0.613. The van der Waals surface area contributed by atoms with Gasteiger partial charge in [0.15, 0.2) is 17.3 Å². The molecule has 218 valence electrons. The summed E-state index contributed by atoms with van der Waals surface area (Å²) in [5, 5.41) is 7.62. The number of fused-ring (bicyclic) bond motifs is 1. The van der Waals surface area contributed by atoms with E-state index in [0.29, 0.717) is 35.1 Å². The number of nitrogens with one attached hydrogen (secondary N) is 2. The standard InChI is InChI=1S/C31H42N8O2/c1-17(2)23-13-14-32-24(15-23)30-36-27-25(39(30)16-21-11-9-18(3)10-12-21)26(33-20(5)19(4)22-7-6-8-22)34-28(35-27)29-37-31(40)41-38-29/h13-15,17-22H,6-12,16H2,1-5H3,(H,33,34,35)(H,37,38,40)/t18?,19-,20?,21?/m0/s1. The van der Waals surface area contributed by atoms with E-state index in [1.54, 1.807) is 0 Å². The van der Waals surface area contributed by atoms with Gasteiger partial charge in [-0.15, -0.1) is 0 Å². The summed E-state index contributed by atoms with van der Waals surface area (Å²) in [5.41, 5.74) is 3.48. The summed E-state index contributed by atoms with van der Waals surface area (Å²) in [6.45, 7) is 12.1. The van der Waals surface area contributed by atoms with Gasteiger partial charge in [-0.2, -0.15) is 0 Å². The molecule has 2 atom stereocenters. The first-order valence-corrected chi connectivity index (χ1v) is 15.3. The molecule has 4 heterocycles. The number of nitrogens with zero attached hydrogens (tertiary/aromatic N) is 6. The fourth-order valence-electron chi connectivity index (χ4n) is 6.36. The first-order valence-electron chi connectivity index (χ1n) is 15.3. The Kier molecular flexibility index (Phi) is 7.66. The van der Waals surface area contributed by atoms with Crippen molar-refractivity contribution in [1.29, 1.82) is 0 Å². The van der Waals surface area contributed by atoms with Gasteiger partial charge in [-0.3, -0.25) is 14.5 Å². The molecule has 0 amide bonds. The number of pyridine rings is 1. The summed E-state index contributed by atoms with van der Waals surface area (Å²) in [5.74, 6) is 4.22. The van der Waals surface area contributed by atoms with Gasteiger partial charge in [0, 0.05) is 18.8 Å². The zero-order valence-electron chi connectivity index (χ0n) is 24.9. The van der Waals surface area contributed by atoms with Crippen molar-refractivity contribution in [2.45, 2.75) is 98.1 Å². The SMILES string of the molecule is CC1CCC(Cn2c(-c3cc(C(C)C)ccn3)nc3nc(-c4noc(=O)[nH]4)nc(NC(C)[C@H](C)C4CCC4)c32)CC1. The first kappa shape index (κ1) is 27.6. The maximum Gasteiger partial charge on any atom is 0.439 e. The Hall–Kier alpha value is -3.56. The lowest BCUT2D eigenvalue weighted by molar-refractivity contribution is 0.205. The van der Waals surface area contributed by atoms with Crippen molar-refractivity contribution >= 4 is 17.0 Å². The summed E-state index contributed by atoms with van der Waals surface area (Å²) in [6, 6.07) is 4.40. The second-order valence-corrected chi connectivity index (χ2v) is 12.8. The molecule has 2 fully saturated rings. The van der Waals surface area contributed by atoms with Crippen LogP contribution >= 0.6 is 0 Å². The number of aromatic amines is 1. The number of imidazole rings is 1. The van der Waals surface area contributed by atoms with E-state index < -0.39 is 5.76 Å². The van der Waals surface area contributed by atoms with Gasteiger partial charge in [0.1, 0.15) is 11.2 Å². The van der Waals surface area contributed by atoms with Crippen LogP contribution in [0.25, 0.3) is 34.3 Å². The smallest absolute Gasteiger partial charge is 0.365 e. The monoisotopic (exact) mass is 558 g/mol. The van der Waals surface area contributed by atoms with Gasteiger partial charge in [-0.05, 0) is 67.1 Å². The van der Waals surface area contributed by atoms with Gasteiger partial charge in [0.25, 0.3) is 0 Å². The van der Waals surface area contributed by atoms with E-state index in [9.17, 15) is 4.79 Å². The Morgan fingerprint density at radius 1 is 1.07 bits per heavy atom. The molecular weight excluding hydrogens is 516 g/mol. The van der Waals surface area contributed by atoms with Crippen LogP contribution in [-0.4, -0.2) is 40.7 Å². The molecule has 2 N–H and O–H groups in total. The normalized spacial score (nSPS) is 21.2. The molecule has 2 aliphatic rings. The van der Waals surface area contributed by atoms with E-state index in [0.717, 1.165) is 29.5 Å². The van der Waals surface area contributed by atoms with Crippen molar-refractivity contribution in [1.82, 2.24) is 34.6 Å². The highest BCUT2D eigenvalue weighted by Crippen LogP contribution is 2.38. The van der Waals surface area contributed by atoms with Crippen LogP contribution in [0.5, 0.6) is 0 Å². The number of anilines is 1. The lowest BCUT2D eigenvalue weighted by atomic mass is 9.74. The summed E-state index contributed by atoms with van der Waals surface area (Å²) in [6.07, 6.45) is 10.6. The molecular formula is C31H42N8O2. The number of H-pyrrole nitrogens is 1. The van der Waals surface area contributed by atoms with Gasteiger partial charge in [-0.25, -0.2) is 19.7 Å². The molecule has 1 unspecified atom stereocenters. The average molecular weight is 559 g/mol. The Morgan fingerprint density at radius 2 is 1.85 bits per heavy atom. The Bertz CT molecular complexity index is 1560. The van der Waals surface area contributed by atoms with E-state index in [1.807, 2.05) is 6.20 Å². The highest BCUT2D eigenvalue weighted by atomic mass is 16.5. The Balaban J connectivity index is 1.51. The summed E-state index contributed by atoms with van der Waals surface area (Å²) >= 11 is 0. The molecule has 2 saturated carbocycles. The number of hydrogen-bond donors (Lipinski definition) is 2. The number of hydrogen-bond acceptors (Lipinski definition) is 8. The van der Waals surface area contributed by atoms with Crippen LogP contribution in [0, 0.1) is 23.7 Å². The molecule has 41 heavy (non-hydrogen) atoms. The second kappa shape index (κ2) is 11.4. The first-order chi connectivity index (χ1) is 19.8. The van der Waals surface area contributed by atoms with Gasteiger partial charge >= 0.3 is 5.76 Å². The van der Waals surface area contributed by atoms with Gasteiger partial charge in [-0.1, -0.05) is 65.0 Å². The maximum absolute atomic E-state index is 11.8. The summed E-state index contributed by atoms with van der Waals surface area (Å²) in [7, 11) is 0. The van der Waals surface area contributed by atoms with Gasteiger partial charge < -0.3 is 9.88 Å². The highest BCUT2D eigenvalue weighted by molar-refractivity contribution is 5.88. The van der Waals surface area contributed by atoms with Gasteiger partial charge in [0.2, 0.25) is 11.6 Å². The molecule has 4 aromatic heterocycles. The van der Waals surface area contributed by atoms with Crippen molar-refractivity contribution in [3.05, 3.63) is 34.4 Å². The number of rotatable bonds is 9. The van der Waals surface area contributed by atoms with Crippen LogP contribution in [0.3, 0.4) is 0 Å². The summed E-state index contributed by atoms with van der Waals surface area (Å²) < 4.78 is 7.08. The van der Waals surface area contributed by atoms with Crippen LogP contribution in [0.2, 0.25) is 0 Å². The Morgan fingerprint density at radius 3 is 2.51 bits per heavy atom. The molecule has 2 aliphatic carbocycles. The van der Waals surface area contributed by atoms with Crippen molar-refractivity contribution in [3.8, 4) is 23.2 Å². The molecule has 0 spiro atoms. The minimum absolute atomic E-state index is 0.187. The second-order valence-electron chi connectivity index (χ2n) is 12.8. The molecule has 0 bridgehead atoms. The van der Waals surface area contributed by atoms with E-state index in [1.165, 1.54) is 50.5 Å². The minimum Gasteiger partial charge on any atom is -0.365 e. The van der Waals surface area contributed by atoms with Crippen LogP contribution in [0.1, 0.15) is 91.0 Å². The van der Waals surface area contributed by atoms with E-state index in [4.69, 9.17) is 24.5 Å². The van der Waals surface area contributed by atoms with Crippen molar-refractivity contribution in [3.63, 3.8) is 0 Å². The quantitative estimate of drug-likeness (QED) is 0.241. The third kappa shape index (κ3) is 5.65. The lowest BCUT2D eigenvalue weighted by Gasteiger charge is -2.35. The van der Waals surface area contributed by atoms with E-state index in [2.05, 4.69) is 66.8 Å². The Labute approximate surface area is 240 Å². The van der Waals surface area contributed by atoms with Gasteiger partial charge in [0.05, 0.1) is 0 Å². The van der Waals surface area contributed by atoms with Crippen LogP contribution in [0.4, 0.5) is 5.82 Å². The molecule has 4 aromatic rings. The van der Waals surface area contributed by atoms with E-state index >= 15 is 0 Å². The largest absolute Gasteiger partial charge is 0.439 e. The predicted molar refractivity (Wildman–Crippen MR) is 159 cm³/mol. The maximum atomic E-state index is 11.8. The third-order valence-corrected chi connectivity index (χ3v) is 9.56. The molecule has 0 aromatic carbocycles. The van der Waals surface area contributed by atoms with Crippen LogP contribution in [0.15, 0.2) is 27.6 Å². The average Bonchev–Trinajstić information content (AvgIpc) is 3.52. The van der Waals surface area contributed by atoms with Crippen molar-refractivity contribution in [2.24, 2.45) is 23.7 Å². The third-order valence-electron chi connectivity index (χ3n) is 9.56. The molecule has 10 nitrogen and oxygen atoms in total. The van der Waals surface area contributed by atoms with E-state index in [-0.39, 0.29) is 17.7 Å². The number of aromatic nitrogens is 7. The molecule has 10 heteroatoms. The van der Waals surface area contributed by atoms with Crippen LogP contribution < -0.4 is 11.1 Å². The molecule has 0 radical (unpaired) electrons.